The molecule has 0 aliphatic heterocycles. The lowest BCUT2D eigenvalue weighted by atomic mass is 9.63. The summed E-state index contributed by atoms with van der Waals surface area (Å²) >= 11 is 0. The summed E-state index contributed by atoms with van der Waals surface area (Å²) in [5.74, 6) is 0.718. The lowest BCUT2D eigenvalue weighted by Gasteiger charge is -2.47. The quantitative estimate of drug-likeness (QED) is 0.817. The number of aryl methyl sites for hydroxylation is 1. The van der Waals surface area contributed by atoms with Gasteiger partial charge in [0.15, 0.2) is 0 Å². The van der Waals surface area contributed by atoms with Gasteiger partial charge < -0.3 is 9.68 Å². The Kier molecular flexibility index (Phi) is 5.16. The molecule has 1 aliphatic rings. The highest BCUT2D eigenvalue weighted by Crippen LogP contribution is 2.46. The largest absolute Gasteiger partial charge is 0.454 e. The van der Waals surface area contributed by atoms with Gasteiger partial charge in [0.1, 0.15) is 0 Å². The van der Waals surface area contributed by atoms with Crippen LogP contribution >= 0.6 is 0 Å². The van der Waals surface area contributed by atoms with Gasteiger partial charge in [0.05, 0.1) is 5.60 Å². The molecule has 1 aliphatic carbocycles. The third kappa shape index (κ3) is 4.59. The van der Waals surface area contributed by atoms with Gasteiger partial charge in [0.2, 0.25) is 0 Å². The van der Waals surface area contributed by atoms with E-state index in [9.17, 15) is 5.02 Å². The highest BCUT2D eigenvalue weighted by molar-refractivity contribution is 6.42. The van der Waals surface area contributed by atoms with Gasteiger partial charge >= 0.3 is 7.12 Å². The molecule has 3 heteroatoms. The van der Waals surface area contributed by atoms with E-state index in [0.29, 0.717) is 6.32 Å². The zero-order valence-electron chi connectivity index (χ0n) is 13.9. The van der Waals surface area contributed by atoms with Crippen LogP contribution in [0.5, 0.6) is 0 Å². The number of hydrogen-bond donors (Lipinski definition) is 1. The Bertz CT molecular complexity index is 446. The summed E-state index contributed by atoms with van der Waals surface area (Å²) in [4.78, 5) is 0. The Morgan fingerprint density at radius 3 is 2.52 bits per heavy atom. The molecule has 0 heterocycles. The van der Waals surface area contributed by atoms with Crippen molar-refractivity contribution in [1.82, 2.24) is 0 Å². The van der Waals surface area contributed by atoms with Crippen molar-refractivity contribution in [1.29, 1.82) is 0 Å². The highest BCUT2D eigenvalue weighted by Gasteiger charge is 2.42. The summed E-state index contributed by atoms with van der Waals surface area (Å²) in [5.41, 5.74) is 1.35. The van der Waals surface area contributed by atoms with E-state index in [1.165, 1.54) is 12.0 Å². The standard InChI is InChI=1S/C18H29BO2/c1-15-10-12-18(4,14-17(15,2)3)21-19(20)13-11-16-8-6-5-7-9-16/h5-9,15,20H,10-14H2,1-4H3/t15-,18+/m0/s1. The Balaban J connectivity index is 1.85. The predicted molar refractivity (Wildman–Crippen MR) is 89.2 cm³/mol. The molecule has 2 rings (SSSR count). The smallest absolute Gasteiger partial charge is 0.427 e. The third-order valence-corrected chi connectivity index (χ3v) is 5.21. The maximum Gasteiger partial charge on any atom is 0.454 e. The van der Waals surface area contributed by atoms with Gasteiger partial charge in [-0.25, -0.2) is 0 Å². The van der Waals surface area contributed by atoms with Gasteiger partial charge in [-0.3, -0.25) is 0 Å². The van der Waals surface area contributed by atoms with Crippen LogP contribution in [0.4, 0.5) is 0 Å². The zero-order valence-corrected chi connectivity index (χ0v) is 13.9. The summed E-state index contributed by atoms with van der Waals surface area (Å²) < 4.78 is 6.04. The summed E-state index contributed by atoms with van der Waals surface area (Å²) in [6.07, 6.45) is 4.76. The second kappa shape index (κ2) is 6.54. The fourth-order valence-corrected chi connectivity index (χ4v) is 3.56. The maximum atomic E-state index is 10.2. The predicted octanol–water partition coefficient (Wildman–Crippen LogP) is 4.33. The normalized spacial score (nSPS) is 28.3. The van der Waals surface area contributed by atoms with E-state index in [4.69, 9.17) is 4.65 Å². The monoisotopic (exact) mass is 288 g/mol. The lowest BCUT2D eigenvalue weighted by Crippen LogP contribution is -2.45. The first kappa shape index (κ1) is 16.6. The van der Waals surface area contributed by atoms with Crippen LogP contribution < -0.4 is 0 Å². The molecule has 0 saturated heterocycles. The molecule has 2 nitrogen and oxygen atoms in total. The molecule has 0 spiro atoms. The first-order valence-electron chi connectivity index (χ1n) is 8.21. The maximum absolute atomic E-state index is 10.2. The summed E-state index contributed by atoms with van der Waals surface area (Å²) in [6, 6.07) is 10.3. The van der Waals surface area contributed by atoms with Crippen LogP contribution in [-0.2, 0) is 11.1 Å². The van der Waals surface area contributed by atoms with Gasteiger partial charge in [-0.05, 0) is 55.8 Å². The van der Waals surface area contributed by atoms with Crippen LogP contribution in [0.3, 0.4) is 0 Å². The fraction of sp³-hybridized carbons (Fsp3) is 0.667. The number of hydrogen-bond acceptors (Lipinski definition) is 2. The molecule has 116 valence electrons. The molecule has 21 heavy (non-hydrogen) atoms. The molecule has 0 aromatic heterocycles. The van der Waals surface area contributed by atoms with E-state index >= 15 is 0 Å². The molecule has 0 bridgehead atoms. The van der Waals surface area contributed by atoms with E-state index in [0.717, 1.165) is 25.2 Å². The van der Waals surface area contributed by atoms with E-state index in [1.807, 2.05) is 18.2 Å². The molecule has 2 atom stereocenters. The van der Waals surface area contributed by atoms with Gasteiger partial charge in [-0.15, -0.1) is 0 Å². The average Bonchev–Trinajstić information content (AvgIpc) is 2.42. The Labute approximate surface area is 130 Å². The molecule has 1 N–H and O–H groups in total. The van der Waals surface area contributed by atoms with Crippen molar-refractivity contribution in [2.45, 2.75) is 65.3 Å². The second-order valence-electron chi connectivity index (χ2n) is 7.65. The van der Waals surface area contributed by atoms with Crippen LogP contribution in [0.15, 0.2) is 30.3 Å². The summed E-state index contributed by atoms with van der Waals surface area (Å²) in [6.45, 7) is 9.11. The minimum Gasteiger partial charge on any atom is -0.427 e. The Morgan fingerprint density at radius 1 is 1.24 bits per heavy atom. The summed E-state index contributed by atoms with van der Waals surface area (Å²) in [5, 5.41) is 10.2. The van der Waals surface area contributed by atoms with Gasteiger partial charge in [-0.2, -0.15) is 0 Å². The topological polar surface area (TPSA) is 29.5 Å². The number of rotatable bonds is 5. The minimum absolute atomic E-state index is 0.188. The average molecular weight is 288 g/mol. The third-order valence-electron chi connectivity index (χ3n) is 5.21. The molecule has 1 saturated carbocycles. The second-order valence-corrected chi connectivity index (χ2v) is 7.65. The van der Waals surface area contributed by atoms with E-state index in [-0.39, 0.29) is 11.0 Å². The van der Waals surface area contributed by atoms with Crippen LogP contribution in [0.2, 0.25) is 6.32 Å². The van der Waals surface area contributed by atoms with E-state index in [2.05, 4.69) is 39.8 Å². The van der Waals surface area contributed by atoms with Crippen LogP contribution in [-0.4, -0.2) is 17.7 Å². The molecule has 0 amide bonds. The van der Waals surface area contributed by atoms with Crippen molar-refractivity contribution < 1.29 is 9.68 Å². The van der Waals surface area contributed by atoms with Crippen molar-refractivity contribution in [3.05, 3.63) is 35.9 Å². The van der Waals surface area contributed by atoms with Crippen LogP contribution in [0.1, 0.15) is 52.5 Å². The summed E-state index contributed by atoms with van der Waals surface area (Å²) in [7, 11) is -0.667. The van der Waals surface area contributed by atoms with Gasteiger partial charge in [0, 0.05) is 0 Å². The van der Waals surface area contributed by atoms with Gasteiger partial charge in [-0.1, -0.05) is 51.1 Å². The van der Waals surface area contributed by atoms with E-state index in [1.54, 1.807) is 0 Å². The lowest BCUT2D eigenvalue weighted by molar-refractivity contribution is -0.0403. The molecule has 0 radical (unpaired) electrons. The molecule has 1 aromatic rings. The SMILES string of the molecule is C[C@H]1CC[C@@](C)(OB(O)CCc2ccccc2)CC1(C)C. The van der Waals surface area contributed by atoms with Crippen molar-refractivity contribution >= 4 is 7.12 Å². The number of benzene rings is 1. The Morgan fingerprint density at radius 2 is 1.90 bits per heavy atom. The van der Waals surface area contributed by atoms with Crippen molar-refractivity contribution in [3.8, 4) is 0 Å². The minimum atomic E-state index is -0.667. The molecule has 0 unspecified atom stereocenters. The zero-order chi connectivity index (χ0) is 15.5. The van der Waals surface area contributed by atoms with Crippen molar-refractivity contribution in [2.24, 2.45) is 11.3 Å². The van der Waals surface area contributed by atoms with E-state index < -0.39 is 7.12 Å². The first-order chi connectivity index (χ1) is 9.81. The first-order valence-corrected chi connectivity index (χ1v) is 8.21. The van der Waals surface area contributed by atoms with Gasteiger partial charge in [0.25, 0.3) is 0 Å². The fourth-order valence-electron chi connectivity index (χ4n) is 3.56. The molecule has 1 aromatic carbocycles. The van der Waals surface area contributed by atoms with Crippen molar-refractivity contribution in [3.63, 3.8) is 0 Å². The van der Waals surface area contributed by atoms with Crippen molar-refractivity contribution in [2.75, 3.05) is 0 Å². The molecule has 1 fully saturated rings. The Hall–Kier alpha value is -0.795. The van der Waals surface area contributed by atoms with Crippen LogP contribution in [0, 0.1) is 11.3 Å². The molecular formula is C18H29BO2. The van der Waals surface area contributed by atoms with Crippen LogP contribution in [0.25, 0.3) is 0 Å². The highest BCUT2D eigenvalue weighted by atomic mass is 16.5. The molecular weight excluding hydrogens is 259 g/mol.